The van der Waals surface area contributed by atoms with Crippen LogP contribution >= 0.6 is 0 Å². The molecule has 1 unspecified atom stereocenters. The lowest BCUT2D eigenvalue weighted by molar-refractivity contribution is -0.144. The summed E-state index contributed by atoms with van der Waals surface area (Å²) in [6.45, 7) is 3.24. The van der Waals surface area contributed by atoms with Crippen molar-refractivity contribution >= 4 is 17.8 Å². The second kappa shape index (κ2) is 7.61. The first-order valence-corrected chi connectivity index (χ1v) is 5.18. The number of aliphatic carboxylic acids is 2. The van der Waals surface area contributed by atoms with Crippen LogP contribution in [0.4, 0.5) is 0 Å². The van der Waals surface area contributed by atoms with Crippen LogP contribution in [0.25, 0.3) is 0 Å². The molecule has 0 aromatic carbocycles. The standard InChI is InChI=1S/C10H17NO6/c1-6(2)17-5-8(12)11-7(10(15)16)3-4-9(13)14/h6-7H,3-5H2,1-2H3,(H,11,12)(H,13,14)(H,15,16). The highest BCUT2D eigenvalue weighted by molar-refractivity contribution is 5.84. The molecule has 0 heterocycles. The number of hydrogen-bond donors (Lipinski definition) is 3. The van der Waals surface area contributed by atoms with Crippen molar-refractivity contribution in [1.29, 1.82) is 0 Å². The van der Waals surface area contributed by atoms with Gasteiger partial charge in [-0.05, 0) is 20.3 Å². The molecule has 0 radical (unpaired) electrons. The number of carbonyl (C=O) groups excluding carboxylic acids is 1. The van der Waals surface area contributed by atoms with E-state index in [1.165, 1.54) is 0 Å². The van der Waals surface area contributed by atoms with Crippen LogP contribution in [0.5, 0.6) is 0 Å². The minimum Gasteiger partial charge on any atom is -0.481 e. The molecule has 7 heteroatoms. The van der Waals surface area contributed by atoms with Gasteiger partial charge in [0.2, 0.25) is 5.91 Å². The first-order chi connectivity index (χ1) is 7.82. The van der Waals surface area contributed by atoms with Crippen molar-refractivity contribution in [3.63, 3.8) is 0 Å². The molecule has 17 heavy (non-hydrogen) atoms. The number of rotatable bonds is 8. The van der Waals surface area contributed by atoms with Gasteiger partial charge in [0.15, 0.2) is 0 Å². The predicted molar refractivity (Wildman–Crippen MR) is 57.5 cm³/mol. The van der Waals surface area contributed by atoms with Crippen LogP contribution in [0, 0.1) is 0 Å². The highest BCUT2D eigenvalue weighted by Gasteiger charge is 2.20. The van der Waals surface area contributed by atoms with Crippen LogP contribution < -0.4 is 5.32 Å². The Labute approximate surface area is 98.8 Å². The largest absolute Gasteiger partial charge is 0.481 e. The summed E-state index contributed by atoms with van der Waals surface area (Å²) >= 11 is 0. The maximum absolute atomic E-state index is 11.3. The minimum absolute atomic E-state index is 0.136. The molecule has 0 spiro atoms. The van der Waals surface area contributed by atoms with Gasteiger partial charge in [-0.15, -0.1) is 0 Å². The van der Waals surface area contributed by atoms with E-state index < -0.39 is 23.9 Å². The second-order valence-corrected chi connectivity index (χ2v) is 3.75. The fourth-order valence-electron chi connectivity index (χ4n) is 1.00. The van der Waals surface area contributed by atoms with Gasteiger partial charge in [-0.25, -0.2) is 4.79 Å². The average molecular weight is 247 g/mol. The summed E-state index contributed by atoms with van der Waals surface area (Å²) in [6, 6.07) is -1.20. The molecule has 0 saturated heterocycles. The average Bonchev–Trinajstić information content (AvgIpc) is 2.20. The van der Waals surface area contributed by atoms with E-state index >= 15 is 0 Å². The third kappa shape index (κ3) is 8.21. The number of nitrogens with one attached hydrogen (secondary N) is 1. The maximum atomic E-state index is 11.3. The molecule has 0 aliphatic rings. The van der Waals surface area contributed by atoms with Gasteiger partial charge < -0.3 is 20.3 Å². The lowest BCUT2D eigenvalue weighted by atomic mass is 10.1. The highest BCUT2D eigenvalue weighted by Crippen LogP contribution is 1.98. The van der Waals surface area contributed by atoms with E-state index in [-0.39, 0.29) is 25.6 Å². The molecule has 0 aliphatic carbocycles. The summed E-state index contributed by atoms with van der Waals surface area (Å²) in [6.07, 6.45) is -0.608. The third-order valence-electron chi connectivity index (χ3n) is 1.83. The molecule has 1 amide bonds. The maximum Gasteiger partial charge on any atom is 0.326 e. The van der Waals surface area contributed by atoms with Crippen molar-refractivity contribution in [3.05, 3.63) is 0 Å². The number of hydrogen-bond acceptors (Lipinski definition) is 4. The Balaban J connectivity index is 4.11. The Morgan fingerprint density at radius 2 is 1.82 bits per heavy atom. The van der Waals surface area contributed by atoms with Crippen LogP contribution in [-0.2, 0) is 19.1 Å². The van der Waals surface area contributed by atoms with E-state index in [4.69, 9.17) is 14.9 Å². The quantitative estimate of drug-likeness (QED) is 0.549. The topological polar surface area (TPSA) is 113 Å². The zero-order valence-corrected chi connectivity index (χ0v) is 9.80. The normalized spacial score (nSPS) is 12.2. The molecule has 7 nitrogen and oxygen atoms in total. The fraction of sp³-hybridized carbons (Fsp3) is 0.700. The van der Waals surface area contributed by atoms with Crippen molar-refractivity contribution in [3.8, 4) is 0 Å². The summed E-state index contributed by atoms with van der Waals surface area (Å²) < 4.78 is 4.99. The highest BCUT2D eigenvalue weighted by atomic mass is 16.5. The summed E-state index contributed by atoms with van der Waals surface area (Å²) in [5.74, 6) is -2.94. The molecule has 0 bridgehead atoms. The first-order valence-electron chi connectivity index (χ1n) is 5.18. The van der Waals surface area contributed by atoms with Crippen LogP contribution in [0.1, 0.15) is 26.7 Å². The van der Waals surface area contributed by atoms with Gasteiger partial charge in [-0.2, -0.15) is 0 Å². The third-order valence-corrected chi connectivity index (χ3v) is 1.83. The molecule has 98 valence electrons. The molecular weight excluding hydrogens is 230 g/mol. The zero-order chi connectivity index (χ0) is 13.4. The van der Waals surface area contributed by atoms with Crippen LogP contribution in [0.3, 0.4) is 0 Å². The Morgan fingerprint density at radius 1 is 1.24 bits per heavy atom. The van der Waals surface area contributed by atoms with Crippen LogP contribution in [-0.4, -0.2) is 46.8 Å². The van der Waals surface area contributed by atoms with Gasteiger partial charge in [0.05, 0.1) is 6.10 Å². The van der Waals surface area contributed by atoms with Gasteiger partial charge in [-0.1, -0.05) is 0 Å². The molecular formula is C10H17NO6. The van der Waals surface area contributed by atoms with Gasteiger partial charge >= 0.3 is 11.9 Å². The second-order valence-electron chi connectivity index (χ2n) is 3.75. The van der Waals surface area contributed by atoms with Crippen molar-refractivity contribution in [1.82, 2.24) is 5.32 Å². The SMILES string of the molecule is CC(C)OCC(=O)NC(CCC(=O)O)C(=O)O. The number of amides is 1. The number of ether oxygens (including phenoxy) is 1. The Bertz CT molecular complexity index is 289. The van der Waals surface area contributed by atoms with E-state index in [0.717, 1.165) is 0 Å². The lowest BCUT2D eigenvalue weighted by Crippen LogP contribution is -2.43. The van der Waals surface area contributed by atoms with Crippen LogP contribution in [0.2, 0.25) is 0 Å². The van der Waals surface area contributed by atoms with E-state index in [9.17, 15) is 14.4 Å². The zero-order valence-electron chi connectivity index (χ0n) is 9.80. The summed E-state index contributed by atoms with van der Waals surface area (Å²) in [4.78, 5) is 32.3. The predicted octanol–water partition coefficient (Wildman–Crippen LogP) is -0.154. The van der Waals surface area contributed by atoms with E-state index in [0.29, 0.717) is 0 Å². The van der Waals surface area contributed by atoms with Gasteiger partial charge in [0.1, 0.15) is 12.6 Å². The molecule has 1 atom stereocenters. The van der Waals surface area contributed by atoms with Crippen molar-refractivity contribution in [2.24, 2.45) is 0 Å². The summed E-state index contributed by atoms with van der Waals surface area (Å²) in [7, 11) is 0. The number of carboxylic acids is 2. The monoisotopic (exact) mass is 247 g/mol. The van der Waals surface area contributed by atoms with Gasteiger partial charge in [-0.3, -0.25) is 9.59 Å². The molecule has 0 aromatic rings. The van der Waals surface area contributed by atoms with E-state index in [1.54, 1.807) is 13.8 Å². The summed E-state index contributed by atoms with van der Waals surface area (Å²) in [5, 5.41) is 19.4. The molecule has 3 N–H and O–H groups in total. The Hall–Kier alpha value is -1.63. The van der Waals surface area contributed by atoms with Gasteiger partial charge in [0.25, 0.3) is 0 Å². The molecule has 0 aromatic heterocycles. The lowest BCUT2D eigenvalue weighted by Gasteiger charge is -2.14. The molecule has 0 rings (SSSR count). The molecule has 0 saturated carbocycles. The molecule has 0 aliphatic heterocycles. The van der Waals surface area contributed by atoms with Crippen molar-refractivity contribution in [2.45, 2.75) is 38.8 Å². The summed E-state index contributed by atoms with van der Waals surface area (Å²) in [5.41, 5.74) is 0. The molecule has 0 fully saturated rings. The number of carboxylic acid groups (broad SMARTS) is 2. The van der Waals surface area contributed by atoms with Crippen LogP contribution in [0.15, 0.2) is 0 Å². The minimum atomic E-state index is -1.26. The van der Waals surface area contributed by atoms with Crippen molar-refractivity contribution < 1.29 is 29.3 Å². The number of carbonyl (C=O) groups is 3. The Morgan fingerprint density at radius 3 is 2.24 bits per heavy atom. The van der Waals surface area contributed by atoms with Crippen molar-refractivity contribution in [2.75, 3.05) is 6.61 Å². The first kappa shape index (κ1) is 15.4. The fourth-order valence-corrected chi connectivity index (χ4v) is 1.00. The van der Waals surface area contributed by atoms with Gasteiger partial charge in [0, 0.05) is 6.42 Å². The smallest absolute Gasteiger partial charge is 0.326 e. The Kier molecular flexibility index (Phi) is 6.88. The van der Waals surface area contributed by atoms with E-state index in [2.05, 4.69) is 5.32 Å². The van der Waals surface area contributed by atoms with E-state index in [1.807, 2.05) is 0 Å².